The van der Waals surface area contributed by atoms with Crippen molar-refractivity contribution in [3.05, 3.63) is 53.1 Å². The van der Waals surface area contributed by atoms with Crippen LogP contribution in [-0.2, 0) is 16.1 Å². The Morgan fingerprint density at radius 2 is 2.03 bits per heavy atom. The van der Waals surface area contributed by atoms with E-state index in [2.05, 4.69) is 21.9 Å². The van der Waals surface area contributed by atoms with Gasteiger partial charge in [-0.3, -0.25) is 9.78 Å². The summed E-state index contributed by atoms with van der Waals surface area (Å²) in [6.45, 7) is 7.90. The molecule has 180 valence electrons. The predicted molar refractivity (Wildman–Crippen MR) is 133 cm³/mol. The third kappa shape index (κ3) is 6.42. The molecule has 2 aliphatic rings. The maximum absolute atomic E-state index is 12.4. The number of rotatable bonds is 6. The quantitative estimate of drug-likeness (QED) is 0.470. The van der Waals surface area contributed by atoms with Crippen LogP contribution in [0.2, 0.25) is 5.02 Å². The number of halogens is 1. The molecule has 0 N–H and O–H groups in total. The molecule has 1 unspecified atom stereocenters. The summed E-state index contributed by atoms with van der Waals surface area (Å²) >= 11 is 6.19. The average Bonchev–Trinajstić information content (AvgIpc) is 3.42. The van der Waals surface area contributed by atoms with Crippen molar-refractivity contribution in [3.63, 3.8) is 0 Å². The maximum atomic E-state index is 12.4. The van der Waals surface area contributed by atoms with Crippen LogP contribution in [-0.4, -0.2) is 40.7 Å². The highest BCUT2D eigenvalue weighted by Gasteiger charge is 2.20. The fourth-order valence-electron chi connectivity index (χ4n) is 3.62. The van der Waals surface area contributed by atoms with Gasteiger partial charge in [-0.05, 0) is 49.1 Å². The zero-order valence-corrected chi connectivity index (χ0v) is 20.7. The maximum Gasteiger partial charge on any atom is 0.224 e. The van der Waals surface area contributed by atoms with Crippen LogP contribution in [0.1, 0.15) is 44.5 Å². The Kier molecular flexibility index (Phi) is 7.95. The van der Waals surface area contributed by atoms with Crippen molar-refractivity contribution in [2.24, 2.45) is 11.8 Å². The van der Waals surface area contributed by atoms with Gasteiger partial charge in [0.15, 0.2) is 5.82 Å². The Morgan fingerprint density at radius 3 is 2.68 bits per heavy atom. The number of anilines is 1. The lowest BCUT2D eigenvalue weighted by molar-refractivity contribution is -0.116. The van der Waals surface area contributed by atoms with Gasteiger partial charge in [0.1, 0.15) is 0 Å². The number of hydrogen-bond donors (Lipinski definition) is 0. The van der Waals surface area contributed by atoms with Crippen molar-refractivity contribution < 1.29 is 14.3 Å². The largest absolute Gasteiger partial charge is 0.477 e. The number of pyridine rings is 1. The van der Waals surface area contributed by atoms with Crippen molar-refractivity contribution in [1.82, 2.24) is 15.0 Å². The lowest BCUT2D eigenvalue weighted by Crippen LogP contribution is -2.29. The molecule has 1 saturated carbocycles. The molecule has 8 heteroatoms. The molecule has 3 heterocycles. The number of aromatic nitrogens is 3. The van der Waals surface area contributed by atoms with Gasteiger partial charge in [-0.2, -0.15) is 4.98 Å². The van der Waals surface area contributed by atoms with Crippen LogP contribution in [0.25, 0.3) is 10.9 Å². The first-order valence-corrected chi connectivity index (χ1v) is 12.1. The summed E-state index contributed by atoms with van der Waals surface area (Å²) in [5.74, 6) is 2.26. The number of nitrogens with zero attached hydrogens (tertiary/aromatic N) is 4. The van der Waals surface area contributed by atoms with Gasteiger partial charge in [0.05, 0.1) is 42.5 Å². The number of benzene rings is 1. The lowest BCUT2D eigenvalue weighted by Gasteiger charge is -2.22. The Balaban J connectivity index is 0.000000620. The Hall–Kier alpha value is -2.77. The van der Waals surface area contributed by atoms with Crippen molar-refractivity contribution in [3.8, 4) is 5.88 Å². The fraction of sp³-hybridized carbons (Fsp3) is 0.462. The number of aryl methyl sites for hydroxylation is 1. The number of hydrogen-bond acceptors (Lipinski definition) is 6. The number of carbonyl (C=O) groups is 1. The van der Waals surface area contributed by atoms with Crippen molar-refractivity contribution in [2.45, 2.75) is 46.6 Å². The SMILES string of the molecule is CC(=O)N(Cc1nc(OCC2CCOC2)c2cc(Cl)ccc2n1)c1cnccc1C.CC1CC1. The molecule has 2 fully saturated rings. The molecule has 34 heavy (non-hydrogen) atoms. The molecule has 1 amide bonds. The van der Waals surface area contributed by atoms with Crippen molar-refractivity contribution in [1.29, 1.82) is 0 Å². The second-order valence-corrected chi connectivity index (χ2v) is 9.53. The van der Waals surface area contributed by atoms with E-state index in [1.165, 1.54) is 19.8 Å². The minimum atomic E-state index is -0.114. The smallest absolute Gasteiger partial charge is 0.224 e. The van der Waals surface area contributed by atoms with Gasteiger partial charge < -0.3 is 14.4 Å². The second kappa shape index (κ2) is 11.1. The highest BCUT2D eigenvalue weighted by Crippen LogP contribution is 2.28. The summed E-state index contributed by atoms with van der Waals surface area (Å²) in [5.41, 5.74) is 2.40. The normalized spacial score (nSPS) is 17.2. The third-order valence-corrected chi connectivity index (χ3v) is 6.23. The Morgan fingerprint density at radius 1 is 1.24 bits per heavy atom. The molecule has 1 aliphatic carbocycles. The molecule has 1 aromatic carbocycles. The van der Waals surface area contributed by atoms with Crippen LogP contribution in [0.5, 0.6) is 5.88 Å². The standard InChI is InChI=1S/C22H23ClN4O3.C4H8/c1-14-5-7-24-10-20(14)27(15(2)28)11-21-25-19-4-3-17(23)9-18(19)22(26-21)30-13-16-6-8-29-12-16;1-4-2-3-4/h3-5,7,9-10,16H,6,8,11-13H2,1-2H3;4H,2-3H2,1H3. The zero-order valence-electron chi connectivity index (χ0n) is 20.0. The van der Waals surface area contributed by atoms with Crippen LogP contribution in [0.15, 0.2) is 36.7 Å². The van der Waals surface area contributed by atoms with Crippen LogP contribution in [0.3, 0.4) is 0 Å². The molecule has 3 aromatic rings. The van der Waals surface area contributed by atoms with E-state index in [0.29, 0.717) is 41.4 Å². The van der Waals surface area contributed by atoms with Crippen molar-refractivity contribution >= 4 is 34.1 Å². The van der Waals surface area contributed by atoms with Gasteiger partial charge >= 0.3 is 0 Å². The molecular weight excluding hydrogens is 452 g/mol. The average molecular weight is 483 g/mol. The highest BCUT2D eigenvalue weighted by atomic mass is 35.5. The van der Waals surface area contributed by atoms with Gasteiger partial charge in [0.2, 0.25) is 11.8 Å². The van der Waals surface area contributed by atoms with Crippen LogP contribution in [0, 0.1) is 18.8 Å². The van der Waals surface area contributed by atoms with E-state index in [1.54, 1.807) is 29.4 Å². The Bertz CT molecular complexity index is 1150. The number of fused-ring (bicyclic) bond motifs is 1. The molecule has 0 bridgehead atoms. The molecule has 1 saturated heterocycles. The monoisotopic (exact) mass is 482 g/mol. The fourth-order valence-corrected chi connectivity index (χ4v) is 3.80. The minimum Gasteiger partial charge on any atom is -0.477 e. The summed E-state index contributed by atoms with van der Waals surface area (Å²) < 4.78 is 11.5. The van der Waals surface area contributed by atoms with E-state index in [9.17, 15) is 4.79 Å². The molecule has 0 radical (unpaired) electrons. The first-order chi connectivity index (χ1) is 16.4. The van der Waals surface area contributed by atoms with E-state index < -0.39 is 0 Å². The molecule has 1 aliphatic heterocycles. The minimum absolute atomic E-state index is 0.114. The summed E-state index contributed by atoms with van der Waals surface area (Å²) in [7, 11) is 0. The number of carbonyl (C=O) groups excluding carboxylic acids is 1. The van der Waals surface area contributed by atoms with Crippen LogP contribution >= 0.6 is 11.6 Å². The third-order valence-electron chi connectivity index (χ3n) is 6.00. The lowest BCUT2D eigenvalue weighted by atomic mass is 10.1. The van der Waals surface area contributed by atoms with Gasteiger partial charge in [0.25, 0.3) is 0 Å². The molecule has 5 rings (SSSR count). The van der Waals surface area contributed by atoms with Gasteiger partial charge in [0, 0.05) is 30.7 Å². The summed E-state index contributed by atoms with van der Waals surface area (Å²) in [6.07, 6.45) is 7.32. The number of ether oxygens (including phenoxy) is 2. The van der Waals surface area contributed by atoms with Crippen molar-refractivity contribution in [2.75, 3.05) is 24.7 Å². The van der Waals surface area contributed by atoms with Gasteiger partial charge in [-0.15, -0.1) is 0 Å². The summed E-state index contributed by atoms with van der Waals surface area (Å²) in [4.78, 5) is 27.4. The second-order valence-electron chi connectivity index (χ2n) is 9.10. The van der Waals surface area contributed by atoms with Gasteiger partial charge in [-0.1, -0.05) is 31.4 Å². The molecular formula is C26H31ClN4O3. The van der Waals surface area contributed by atoms with E-state index in [0.717, 1.165) is 35.6 Å². The molecule has 7 nitrogen and oxygen atoms in total. The van der Waals surface area contributed by atoms with E-state index >= 15 is 0 Å². The van der Waals surface area contributed by atoms with E-state index in [-0.39, 0.29) is 12.5 Å². The highest BCUT2D eigenvalue weighted by molar-refractivity contribution is 6.31. The molecule has 1 atom stereocenters. The van der Waals surface area contributed by atoms with Crippen LogP contribution in [0.4, 0.5) is 5.69 Å². The Labute approximate surface area is 205 Å². The first kappa shape index (κ1) is 24.4. The van der Waals surface area contributed by atoms with Crippen LogP contribution < -0.4 is 9.64 Å². The first-order valence-electron chi connectivity index (χ1n) is 11.8. The summed E-state index contributed by atoms with van der Waals surface area (Å²) in [6, 6.07) is 7.28. The molecule has 2 aromatic heterocycles. The van der Waals surface area contributed by atoms with Gasteiger partial charge in [-0.25, -0.2) is 4.98 Å². The number of amides is 1. The van der Waals surface area contributed by atoms with E-state index in [1.807, 2.05) is 19.1 Å². The summed E-state index contributed by atoms with van der Waals surface area (Å²) in [5, 5.41) is 1.33. The molecule has 0 spiro atoms. The predicted octanol–water partition coefficient (Wildman–Crippen LogP) is 5.37. The zero-order chi connectivity index (χ0) is 24.1. The topological polar surface area (TPSA) is 77.4 Å². The van der Waals surface area contributed by atoms with E-state index in [4.69, 9.17) is 21.1 Å².